The molecule has 3 aromatic rings. The SMILES string of the molecule is Cc1cc(COC(=O)c2cc(S(=O)(=O)Nc3ccc(Br)cc3)ccc2Cl)no1. The topological polar surface area (TPSA) is 98.5 Å². The van der Waals surface area contributed by atoms with Crippen LogP contribution in [0.1, 0.15) is 21.8 Å². The van der Waals surface area contributed by atoms with Crippen molar-refractivity contribution in [3.63, 3.8) is 0 Å². The van der Waals surface area contributed by atoms with E-state index in [1.165, 1.54) is 18.2 Å². The van der Waals surface area contributed by atoms with Gasteiger partial charge in [0.2, 0.25) is 0 Å². The van der Waals surface area contributed by atoms with Gasteiger partial charge in [0, 0.05) is 16.2 Å². The first-order chi connectivity index (χ1) is 13.2. The van der Waals surface area contributed by atoms with Crippen LogP contribution in [0.15, 0.2) is 62.4 Å². The van der Waals surface area contributed by atoms with E-state index in [-0.39, 0.29) is 22.1 Å². The average Bonchev–Trinajstić information content (AvgIpc) is 3.07. The molecule has 0 radical (unpaired) electrons. The van der Waals surface area contributed by atoms with Gasteiger partial charge in [0.1, 0.15) is 18.1 Å². The Kier molecular flexibility index (Phi) is 6.07. The van der Waals surface area contributed by atoms with Crippen LogP contribution in [0.5, 0.6) is 0 Å². The predicted molar refractivity (Wildman–Crippen MR) is 107 cm³/mol. The number of nitrogens with zero attached hydrogens (tertiary/aromatic N) is 1. The number of hydrogen-bond donors (Lipinski definition) is 1. The summed E-state index contributed by atoms with van der Waals surface area (Å²) in [4.78, 5) is 12.2. The molecule has 0 atom stereocenters. The first-order valence-electron chi connectivity index (χ1n) is 7.92. The maximum atomic E-state index is 12.6. The van der Waals surface area contributed by atoms with E-state index in [1.54, 1.807) is 37.3 Å². The van der Waals surface area contributed by atoms with E-state index < -0.39 is 16.0 Å². The minimum atomic E-state index is -3.92. The quantitative estimate of drug-likeness (QED) is 0.514. The Hall–Kier alpha value is -2.36. The summed E-state index contributed by atoms with van der Waals surface area (Å²) in [7, 11) is -3.92. The third-order valence-corrected chi connectivity index (χ3v) is 5.83. The molecule has 0 spiro atoms. The van der Waals surface area contributed by atoms with Crippen LogP contribution in [0, 0.1) is 6.92 Å². The highest BCUT2D eigenvalue weighted by atomic mass is 79.9. The number of carbonyl (C=O) groups excluding carboxylic acids is 1. The number of aryl methyl sites for hydroxylation is 1. The summed E-state index contributed by atoms with van der Waals surface area (Å²) in [5, 5.41) is 3.79. The summed E-state index contributed by atoms with van der Waals surface area (Å²) in [5.74, 6) is -0.192. The standard InChI is InChI=1S/C18H14BrClN2O5S/c1-11-8-14(21-27-11)10-26-18(23)16-9-15(6-7-17(16)20)28(24,25)22-13-4-2-12(19)3-5-13/h2-9,22H,10H2,1H3. The Morgan fingerprint density at radius 2 is 1.93 bits per heavy atom. The second-order valence-corrected chi connectivity index (χ2v) is 8.76. The number of anilines is 1. The number of carbonyl (C=O) groups is 1. The van der Waals surface area contributed by atoms with Crippen molar-refractivity contribution in [2.45, 2.75) is 18.4 Å². The van der Waals surface area contributed by atoms with Gasteiger partial charge in [-0.05, 0) is 49.4 Å². The molecule has 1 N–H and O–H groups in total. The van der Waals surface area contributed by atoms with Crippen molar-refractivity contribution in [3.8, 4) is 0 Å². The summed E-state index contributed by atoms with van der Waals surface area (Å²) in [6.07, 6.45) is 0. The van der Waals surface area contributed by atoms with Crippen molar-refractivity contribution in [1.29, 1.82) is 0 Å². The summed E-state index contributed by atoms with van der Waals surface area (Å²) in [6.45, 7) is 1.59. The number of esters is 1. The van der Waals surface area contributed by atoms with Gasteiger partial charge in [-0.1, -0.05) is 32.7 Å². The van der Waals surface area contributed by atoms with Crippen molar-refractivity contribution in [2.75, 3.05) is 4.72 Å². The van der Waals surface area contributed by atoms with E-state index in [1.807, 2.05) is 0 Å². The molecule has 0 aliphatic carbocycles. The highest BCUT2D eigenvalue weighted by molar-refractivity contribution is 9.10. The van der Waals surface area contributed by atoms with Gasteiger partial charge in [0.25, 0.3) is 10.0 Å². The van der Waals surface area contributed by atoms with Crippen LogP contribution in [0.3, 0.4) is 0 Å². The van der Waals surface area contributed by atoms with Crippen LogP contribution < -0.4 is 4.72 Å². The van der Waals surface area contributed by atoms with Crippen LogP contribution in [0.25, 0.3) is 0 Å². The lowest BCUT2D eigenvalue weighted by Gasteiger charge is -2.10. The minimum Gasteiger partial charge on any atom is -0.455 e. The van der Waals surface area contributed by atoms with Crippen molar-refractivity contribution >= 4 is 49.2 Å². The van der Waals surface area contributed by atoms with Gasteiger partial charge in [-0.25, -0.2) is 13.2 Å². The minimum absolute atomic E-state index is 0.0689. The molecule has 1 aromatic heterocycles. The van der Waals surface area contributed by atoms with Gasteiger partial charge >= 0.3 is 5.97 Å². The maximum absolute atomic E-state index is 12.6. The molecule has 0 saturated carbocycles. The third-order valence-electron chi connectivity index (χ3n) is 3.59. The molecule has 10 heteroatoms. The molecule has 0 fully saturated rings. The largest absolute Gasteiger partial charge is 0.455 e. The highest BCUT2D eigenvalue weighted by Gasteiger charge is 2.20. The van der Waals surface area contributed by atoms with Crippen LogP contribution in [-0.2, 0) is 21.4 Å². The number of hydrogen-bond acceptors (Lipinski definition) is 6. The second kappa shape index (κ2) is 8.34. The van der Waals surface area contributed by atoms with Gasteiger partial charge in [-0.2, -0.15) is 0 Å². The molecule has 28 heavy (non-hydrogen) atoms. The van der Waals surface area contributed by atoms with E-state index in [0.717, 1.165) is 4.47 Å². The number of aromatic nitrogens is 1. The first kappa shape index (κ1) is 20.4. The second-order valence-electron chi connectivity index (χ2n) is 5.76. The van der Waals surface area contributed by atoms with Gasteiger partial charge in [-0.3, -0.25) is 4.72 Å². The van der Waals surface area contributed by atoms with Crippen LogP contribution in [-0.4, -0.2) is 19.5 Å². The van der Waals surface area contributed by atoms with Crippen molar-refractivity contribution in [1.82, 2.24) is 5.16 Å². The molecule has 0 bridgehead atoms. The zero-order valence-corrected chi connectivity index (χ0v) is 17.6. The van der Waals surface area contributed by atoms with Crippen LogP contribution in [0.2, 0.25) is 5.02 Å². The summed E-state index contributed by atoms with van der Waals surface area (Å²) < 4.78 is 38.5. The number of rotatable bonds is 6. The fourth-order valence-corrected chi connectivity index (χ4v) is 3.81. The summed E-state index contributed by atoms with van der Waals surface area (Å²) in [6, 6.07) is 12.0. The number of benzene rings is 2. The Labute approximate surface area is 174 Å². The molecule has 3 rings (SSSR count). The Bertz CT molecular complexity index is 1110. The molecular formula is C18H14BrClN2O5S. The van der Waals surface area contributed by atoms with Crippen molar-refractivity contribution in [3.05, 3.63) is 75.0 Å². The number of ether oxygens (including phenoxy) is 1. The zero-order chi connectivity index (χ0) is 20.3. The predicted octanol–water partition coefficient (Wildman–Crippen LogP) is 4.56. The van der Waals surface area contributed by atoms with Crippen LogP contribution >= 0.6 is 27.5 Å². The average molecular weight is 486 g/mol. The van der Waals surface area contributed by atoms with E-state index in [2.05, 4.69) is 25.8 Å². The molecular weight excluding hydrogens is 472 g/mol. The van der Waals surface area contributed by atoms with E-state index >= 15 is 0 Å². The molecule has 0 amide bonds. The number of nitrogens with one attached hydrogen (secondary N) is 1. The molecule has 0 saturated heterocycles. The van der Waals surface area contributed by atoms with E-state index in [4.69, 9.17) is 20.9 Å². The zero-order valence-electron chi connectivity index (χ0n) is 14.5. The number of halogens is 2. The molecule has 1 heterocycles. The smallest absolute Gasteiger partial charge is 0.340 e. The third kappa shape index (κ3) is 4.92. The fraction of sp³-hybridized carbons (Fsp3) is 0.111. The van der Waals surface area contributed by atoms with Gasteiger partial charge in [0.05, 0.1) is 15.5 Å². The Morgan fingerprint density at radius 3 is 2.57 bits per heavy atom. The fourth-order valence-electron chi connectivity index (χ4n) is 2.26. The molecule has 0 aliphatic rings. The molecule has 7 nitrogen and oxygen atoms in total. The number of sulfonamides is 1. The normalized spacial score (nSPS) is 11.2. The summed E-state index contributed by atoms with van der Waals surface area (Å²) >= 11 is 9.33. The van der Waals surface area contributed by atoms with E-state index in [9.17, 15) is 13.2 Å². The maximum Gasteiger partial charge on any atom is 0.340 e. The lowest BCUT2D eigenvalue weighted by Crippen LogP contribution is -2.14. The lowest BCUT2D eigenvalue weighted by atomic mass is 10.2. The molecule has 0 aliphatic heterocycles. The monoisotopic (exact) mass is 484 g/mol. The summed E-state index contributed by atoms with van der Waals surface area (Å²) in [5.41, 5.74) is 0.742. The van der Waals surface area contributed by atoms with E-state index in [0.29, 0.717) is 17.1 Å². The van der Waals surface area contributed by atoms with Gasteiger partial charge in [-0.15, -0.1) is 0 Å². The first-order valence-corrected chi connectivity index (χ1v) is 10.6. The van der Waals surface area contributed by atoms with Crippen LogP contribution in [0.4, 0.5) is 5.69 Å². The van der Waals surface area contributed by atoms with Gasteiger partial charge in [0.15, 0.2) is 0 Å². The van der Waals surface area contributed by atoms with Crippen molar-refractivity contribution < 1.29 is 22.5 Å². The van der Waals surface area contributed by atoms with Gasteiger partial charge < -0.3 is 9.26 Å². The highest BCUT2D eigenvalue weighted by Crippen LogP contribution is 2.24. The Balaban J connectivity index is 1.79. The molecule has 0 unspecified atom stereocenters. The lowest BCUT2D eigenvalue weighted by molar-refractivity contribution is 0.0464. The Morgan fingerprint density at radius 1 is 1.21 bits per heavy atom. The molecule has 2 aromatic carbocycles. The van der Waals surface area contributed by atoms with Crippen molar-refractivity contribution in [2.24, 2.45) is 0 Å². The molecule has 146 valence electrons.